The van der Waals surface area contributed by atoms with E-state index in [9.17, 15) is 0 Å². The van der Waals surface area contributed by atoms with Gasteiger partial charge >= 0.3 is 0 Å². The Morgan fingerprint density at radius 1 is 1.50 bits per heavy atom. The molecule has 1 aromatic heterocycles. The molecular formula is C13H23N3. The van der Waals surface area contributed by atoms with Gasteiger partial charge in [-0.3, -0.25) is 4.68 Å². The lowest BCUT2D eigenvalue weighted by molar-refractivity contribution is 0.317. The molecule has 1 fully saturated rings. The molecule has 3 nitrogen and oxygen atoms in total. The third kappa shape index (κ3) is 2.64. The van der Waals surface area contributed by atoms with Crippen molar-refractivity contribution in [2.24, 2.45) is 5.92 Å². The van der Waals surface area contributed by atoms with Gasteiger partial charge in [0.2, 0.25) is 0 Å². The molecule has 16 heavy (non-hydrogen) atoms. The number of hydrogen-bond acceptors (Lipinski definition) is 2. The summed E-state index contributed by atoms with van der Waals surface area (Å²) in [7, 11) is 0. The van der Waals surface area contributed by atoms with Crippen LogP contribution in [0.5, 0.6) is 0 Å². The van der Waals surface area contributed by atoms with Crippen LogP contribution in [0.1, 0.15) is 38.1 Å². The number of piperidine rings is 1. The highest BCUT2D eigenvalue weighted by atomic mass is 15.3. The van der Waals surface area contributed by atoms with Crippen LogP contribution < -0.4 is 5.32 Å². The summed E-state index contributed by atoms with van der Waals surface area (Å²) >= 11 is 0. The van der Waals surface area contributed by atoms with Crippen molar-refractivity contribution in [3.63, 3.8) is 0 Å². The molecular weight excluding hydrogens is 198 g/mol. The maximum absolute atomic E-state index is 4.51. The van der Waals surface area contributed by atoms with Crippen LogP contribution in [0.2, 0.25) is 0 Å². The van der Waals surface area contributed by atoms with Gasteiger partial charge in [-0.15, -0.1) is 0 Å². The molecule has 3 heteroatoms. The van der Waals surface area contributed by atoms with Gasteiger partial charge in [0.05, 0.1) is 5.69 Å². The second kappa shape index (κ2) is 5.00. The molecule has 2 unspecified atom stereocenters. The summed E-state index contributed by atoms with van der Waals surface area (Å²) < 4.78 is 2.15. The van der Waals surface area contributed by atoms with Crippen molar-refractivity contribution in [2.75, 3.05) is 6.54 Å². The molecule has 2 atom stereocenters. The summed E-state index contributed by atoms with van der Waals surface area (Å²) in [5, 5.41) is 8.07. The van der Waals surface area contributed by atoms with E-state index in [1.807, 2.05) is 0 Å². The monoisotopic (exact) mass is 221 g/mol. The molecule has 1 saturated heterocycles. The van der Waals surface area contributed by atoms with Crippen LogP contribution in [0.15, 0.2) is 6.07 Å². The van der Waals surface area contributed by atoms with E-state index < -0.39 is 0 Å². The number of hydrogen-bond donors (Lipinski definition) is 1. The normalized spacial score (nSPS) is 25.9. The molecule has 0 amide bonds. The zero-order chi connectivity index (χ0) is 11.5. The van der Waals surface area contributed by atoms with Crippen LogP contribution in [0, 0.1) is 12.8 Å². The minimum Gasteiger partial charge on any atom is -0.314 e. The van der Waals surface area contributed by atoms with E-state index in [-0.39, 0.29) is 0 Å². The molecule has 0 saturated carbocycles. The fourth-order valence-electron chi connectivity index (χ4n) is 2.56. The quantitative estimate of drug-likeness (QED) is 0.847. The number of nitrogens with zero attached hydrogens (tertiary/aromatic N) is 2. The van der Waals surface area contributed by atoms with Crippen molar-refractivity contribution in [3.8, 4) is 0 Å². The predicted molar refractivity (Wildman–Crippen MR) is 66.5 cm³/mol. The molecule has 90 valence electrons. The lowest BCUT2D eigenvalue weighted by Gasteiger charge is -2.27. The SMILES string of the molecule is CCn1nc(C)cc1CC1CCC(C)NC1. The Morgan fingerprint density at radius 2 is 2.31 bits per heavy atom. The van der Waals surface area contributed by atoms with Gasteiger partial charge < -0.3 is 5.32 Å². The Hall–Kier alpha value is -0.830. The molecule has 0 radical (unpaired) electrons. The topological polar surface area (TPSA) is 29.9 Å². The Labute approximate surface area is 98.2 Å². The summed E-state index contributed by atoms with van der Waals surface area (Å²) in [5.41, 5.74) is 2.55. The van der Waals surface area contributed by atoms with Gasteiger partial charge in [-0.2, -0.15) is 5.10 Å². The minimum absolute atomic E-state index is 0.703. The molecule has 1 N–H and O–H groups in total. The van der Waals surface area contributed by atoms with Crippen molar-refractivity contribution in [1.82, 2.24) is 15.1 Å². The van der Waals surface area contributed by atoms with Crippen LogP contribution in [0.4, 0.5) is 0 Å². The first kappa shape index (κ1) is 11.6. The van der Waals surface area contributed by atoms with E-state index >= 15 is 0 Å². The summed E-state index contributed by atoms with van der Waals surface area (Å²) in [4.78, 5) is 0. The molecule has 1 aliphatic heterocycles. The molecule has 0 aliphatic carbocycles. The molecule has 0 aromatic carbocycles. The third-order valence-electron chi connectivity index (χ3n) is 3.55. The Bertz CT molecular complexity index is 335. The lowest BCUT2D eigenvalue weighted by atomic mass is 9.91. The van der Waals surface area contributed by atoms with Crippen LogP contribution in [0.3, 0.4) is 0 Å². The van der Waals surface area contributed by atoms with Gasteiger partial charge in [-0.1, -0.05) is 0 Å². The minimum atomic E-state index is 0.703. The Balaban J connectivity index is 1.97. The summed E-state index contributed by atoms with van der Waals surface area (Å²) in [6.07, 6.45) is 3.83. The molecule has 2 rings (SSSR count). The number of nitrogens with one attached hydrogen (secondary N) is 1. The molecule has 1 aromatic rings. The second-order valence-corrected chi connectivity index (χ2v) is 5.05. The van der Waals surface area contributed by atoms with E-state index in [1.54, 1.807) is 0 Å². The van der Waals surface area contributed by atoms with Crippen molar-refractivity contribution >= 4 is 0 Å². The highest BCUT2D eigenvalue weighted by molar-refractivity contribution is 5.10. The van der Waals surface area contributed by atoms with Gasteiger partial charge in [-0.25, -0.2) is 0 Å². The second-order valence-electron chi connectivity index (χ2n) is 5.05. The average Bonchev–Trinajstić information content (AvgIpc) is 2.62. The molecule has 0 spiro atoms. The van der Waals surface area contributed by atoms with Crippen molar-refractivity contribution < 1.29 is 0 Å². The first-order valence-corrected chi connectivity index (χ1v) is 6.45. The van der Waals surface area contributed by atoms with Crippen LogP contribution in [-0.4, -0.2) is 22.4 Å². The average molecular weight is 221 g/mol. The Morgan fingerprint density at radius 3 is 2.94 bits per heavy atom. The molecule has 1 aliphatic rings. The molecule has 2 heterocycles. The van der Waals surface area contributed by atoms with Crippen molar-refractivity contribution in [3.05, 3.63) is 17.5 Å². The standard InChI is InChI=1S/C13H23N3/c1-4-16-13(7-11(3)15-16)8-12-6-5-10(2)14-9-12/h7,10,12,14H,4-6,8-9H2,1-3H3. The predicted octanol–water partition coefficient (Wildman–Crippen LogP) is 2.14. The zero-order valence-corrected chi connectivity index (χ0v) is 10.7. The summed E-state index contributed by atoms with van der Waals surface area (Å²) in [6.45, 7) is 8.67. The Kier molecular flexibility index (Phi) is 3.64. The van der Waals surface area contributed by atoms with Crippen LogP contribution >= 0.6 is 0 Å². The lowest BCUT2D eigenvalue weighted by Crippen LogP contribution is -2.37. The maximum Gasteiger partial charge on any atom is 0.0596 e. The third-order valence-corrected chi connectivity index (χ3v) is 3.55. The van der Waals surface area contributed by atoms with E-state index in [2.05, 4.69) is 41.9 Å². The van der Waals surface area contributed by atoms with Gasteiger partial charge in [0.15, 0.2) is 0 Å². The van der Waals surface area contributed by atoms with E-state index in [4.69, 9.17) is 0 Å². The first-order chi connectivity index (χ1) is 7.69. The fraction of sp³-hybridized carbons (Fsp3) is 0.769. The zero-order valence-electron chi connectivity index (χ0n) is 10.7. The highest BCUT2D eigenvalue weighted by Crippen LogP contribution is 2.19. The van der Waals surface area contributed by atoms with E-state index in [0.29, 0.717) is 6.04 Å². The van der Waals surface area contributed by atoms with Crippen LogP contribution in [-0.2, 0) is 13.0 Å². The first-order valence-electron chi connectivity index (χ1n) is 6.45. The fourth-order valence-corrected chi connectivity index (χ4v) is 2.56. The van der Waals surface area contributed by atoms with Gasteiger partial charge in [-0.05, 0) is 58.6 Å². The largest absolute Gasteiger partial charge is 0.314 e. The molecule has 0 bridgehead atoms. The number of rotatable bonds is 3. The van der Waals surface area contributed by atoms with E-state index in [0.717, 1.165) is 24.7 Å². The smallest absolute Gasteiger partial charge is 0.0596 e. The maximum atomic E-state index is 4.51. The van der Waals surface area contributed by atoms with Crippen molar-refractivity contribution in [2.45, 2.75) is 52.6 Å². The van der Waals surface area contributed by atoms with Crippen molar-refractivity contribution in [1.29, 1.82) is 0 Å². The van der Waals surface area contributed by atoms with Gasteiger partial charge in [0, 0.05) is 18.3 Å². The van der Waals surface area contributed by atoms with Gasteiger partial charge in [0.25, 0.3) is 0 Å². The van der Waals surface area contributed by atoms with E-state index in [1.165, 1.54) is 25.0 Å². The summed E-state index contributed by atoms with van der Waals surface area (Å²) in [5.74, 6) is 0.789. The summed E-state index contributed by atoms with van der Waals surface area (Å²) in [6, 6.07) is 2.94. The number of aryl methyl sites for hydroxylation is 2. The highest BCUT2D eigenvalue weighted by Gasteiger charge is 2.19. The number of aromatic nitrogens is 2. The van der Waals surface area contributed by atoms with Crippen LogP contribution in [0.25, 0.3) is 0 Å². The van der Waals surface area contributed by atoms with Gasteiger partial charge in [0.1, 0.15) is 0 Å².